The highest BCUT2D eigenvalue weighted by Crippen LogP contribution is 2.52. The van der Waals surface area contributed by atoms with Crippen molar-refractivity contribution in [3.05, 3.63) is 29.8 Å². The van der Waals surface area contributed by atoms with Crippen molar-refractivity contribution in [2.75, 3.05) is 0 Å². The lowest BCUT2D eigenvalue weighted by Gasteiger charge is -2.49. The zero-order valence-electron chi connectivity index (χ0n) is 10.2. The average molecular weight is 260 g/mol. The first-order valence-corrected chi connectivity index (χ1v) is 5.74. The van der Waals surface area contributed by atoms with Gasteiger partial charge in [0.25, 0.3) is 0 Å². The van der Waals surface area contributed by atoms with E-state index in [1.54, 1.807) is 6.07 Å². The summed E-state index contributed by atoms with van der Waals surface area (Å²) in [4.78, 5) is 0. The van der Waals surface area contributed by atoms with E-state index in [1.807, 2.05) is 13.8 Å². The Bertz CT molecular complexity index is 440. The van der Waals surface area contributed by atoms with E-state index in [4.69, 9.17) is 0 Å². The summed E-state index contributed by atoms with van der Waals surface area (Å²) in [6, 6.07) is 5.98. The van der Waals surface area contributed by atoms with Gasteiger partial charge < -0.3 is 9.84 Å². The Morgan fingerprint density at radius 1 is 1.33 bits per heavy atom. The molecule has 1 aliphatic rings. The molecule has 2 unspecified atom stereocenters. The fraction of sp³-hybridized carbons (Fsp3) is 0.538. The van der Waals surface area contributed by atoms with Gasteiger partial charge in [-0.15, -0.1) is 13.2 Å². The summed E-state index contributed by atoms with van der Waals surface area (Å²) in [5, 5.41) is 9.65. The van der Waals surface area contributed by atoms with Crippen LogP contribution in [0.4, 0.5) is 13.2 Å². The number of halogens is 3. The Balaban J connectivity index is 2.19. The van der Waals surface area contributed by atoms with Crippen LogP contribution in [0.3, 0.4) is 0 Å². The molecular weight excluding hydrogens is 245 g/mol. The fourth-order valence-corrected chi connectivity index (χ4v) is 2.40. The molecule has 1 fully saturated rings. The fourth-order valence-electron chi connectivity index (χ4n) is 2.40. The number of aliphatic hydroxyl groups is 1. The molecule has 100 valence electrons. The second-order valence-corrected chi connectivity index (χ2v) is 5.25. The van der Waals surface area contributed by atoms with Crippen molar-refractivity contribution in [1.82, 2.24) is 0 Å². The van der Waals surface area contributed by atoms with Crippen LogP contribution in [0.25, 0.3) is 0 Å². The SMILES string of the molecule is CC1(C)C(O)CC1c1cccc(OC(F)(F)F)c1. The topological polar surface area (TPSA) is 29.5 Å². The highest BCUT2D eigenvalue weighted by molar-refractivity contribution is 5.34. The van der Waals surface area contributed by atoms with E-state index < -0.39 is 12.5 Å². The van der Waals surface area contributed by atoms with Crippen molar-refractivity contribution in [3.63, 3.8) is 0 Å². The minimum absolute atomic E-state index is 0.0595. The summed E-state index contributed by atoms with van der Waals surface area (Å²) in [6.07, 6.45) is -4.51. The molecule has 1 saturated carbocycles. The van der Waals surface area contributed by atoms with Gasteiger partial charge in [0.05, 0.1) is 6.10 Å². The maximum absolute atomic E-state index is 12.1. The first-order valence-electron chi connectivity index (χ1n) is 5.74. The van der Waals surface area contributed by atoms with Crippen LogP contribution >= 0.6 is 0 Å². The molecule has 1 aliphatic carbocycles. The number of hydrogen-bond acceptors (Lipinski definition) is 2. The molecule has 0 heterocycles. The van der Waals surface area contributed by atoms with Crippen LogP contribution in [0.1, 0.15) is 31.7 Å². The molecule has 0 amide bonds. The third-order valence-corrected chi connectivity index (χ3v) is 3.71. The van der Waals surface area contributed by atoms with E-state index in [0.29, 0.717) is 6.42 Å². The Labute approximate surface area is 103 Å². The Kier molecular flexibility index (Phi) is 3.05. The number of benzene rings is 1. The van der Waals surface area contributed by atoms with Crippen LogP contribution in [-0.2, 0) is 0 Å². The molecule has 18 heavy (non-hydrogen) atoms. The van der Waals surface area contributed by atoms with E-state index in [2.05, 4.69) is 4.74 Å². The first-order chi connectivity index (χ1) is 8.20. The predicted octanol–water partition coefficient (Wildman–Crippen LogP) is 3.46. The summed E-state index contributed by atoms with van der Waals surface area (Å²) >= 11 is 0. The van der Waals surface area contributed by atoms with E-state index in [0.717, 1.165) is 5.56 Å². The van der Waals surface area contributed by atoms with Gasteiger partial charge in [0.2, 0.25) is 0 Å². The molecule has 0 spiro atoms. The van der Waals surface area contributed by atoms with E-state index in [1.165, 1.54) is 18.2 Å². The molecule has 0 radical (unpaired) electrons. The van der Waals surface area contributed by atoms with Crippen LogP contribution < -0.4 is 4.74 Å². The summed E-state index contributed by atoms with van der Waals surface area (Å²) in [7, 11) is 0. The van der Waals surface area contributed by atoms with Gasteiger partial charge >= 0.3 is 6.36 Å². The number of ether oxygens (including phenoxy) is 1. The summed E-state index contributed by atoms with van der Waals surface area (Å²) in [5.41, 5.74) is 0.462. The third-order valence-electron chi connectivity index (χ3n) is 3.71. The van der Waals surface area contributed by atoms with E-state index in [9.17, 15) is 18.3 Å². The van der Waals surface area contributed by atoms with Gasteiger partial charge in [-0.2, -0.15) is 0 Å². The van der Waals surface area contributed by atoms with Crippen LogP contribution in [-0.4, -0.2) is 17.6 Å². The minimum Gasteiger partial charge on any atom is -0.406 e. The highest BCUT2D eigenvalue weighted by Gasteiger charge is 2.47. The zero-order valence-corrected chi connectivity index (χ0v) is 10.2. The smallest absolute Gasteiger partial charge is 0.406 e. The molecule has 1 N–H and O–H groups in total. The standard InChI is InChI=1S/C13H15F3O2/c1-12(2)10(7-11(12)17)8-4-3-5-9(6-8)18-13(14,15)16/h3-6,10-11,17H,7H2,1-2H3. The Morgan fingerprint density at radius 3 is 2.50 bits per heavy atom. The van der Waals surface area contributed by atoms with Gasteiger partial charge in [-0.05, 0) is 35.4 Å². The zero-order chi connectivity index (χ0) is 13.6. The average Bonchev–Trinajstić information content (AvgIpc) is 2.23. The number of aliphatic hydroxyl groups excluding tert-OH is 1. The summed E-state index contributed by atoms with van der Waals surface area (Å²) < 4.78 is 40.3. The van der Waals surface area contributed by atoms with Crippen molar-refractivity contribution in [1.29, 1.82) is 0 Å². The van der Waals surface area contributed by atoms with Crippen LogP contribution in [0.5, 0.6) is 5.75 Å². The Hall–Kier alpha value is -1.23. The first kappa shape index (κ1) is 13.2. The minimum atomic E-state index is -4.67. The van der Waals surface area contributed by atoms with Crippen molar-refractivity contribution in [2.45, 2.75) is 38.7 Å². The normalized spacial score (nSPS) is 26.6. The van der Waals surface area contributed by atoms with E-state index >= 15 is 0 Å². The van der Waals surface area contributed by atoms with Gasteiger partial charge in [0.1, 0.15) is 5.75 Å². The van der Waals surface area contributed by atoms with Gasteiger partial charge in [-0.25, -0.2) is 0 Å². The highest BCUT2D eigenvalue weighted by atomic mass is 19.4. The lowest BCUT2D eigenvalue weighted by Crippen LogP contribution is -2.47. The van der Waals surface area contributed by atoms with Gasteiger partial charge in [0.15, 0.2) is 0 Å². The molecule has 0 aliphatic heterocycles. The van der Waals surface area contributed by atoms with Crippen LogP contribution in [0.2, 0.25) is 0 Å². The molecule has 1 aromatic rings. The number of alkyl halides is 3. The molecule has 5 heteroatoms. The van der Waals surface area contributed by atoms with Crippen LogP contribution in [0.15, 0.2) is 24.3 Å². The summed E-state index contributed by atoms with van der Waals surface area (Å²) in [6.45, 7) is 3.81. The second kappa shape index (κ2) is 4.16. The largest absolute Gasteiger partial charge is 0.573 e. The van der Waals surface area contributed by atoms with Gasteiger partial charge in [-0.1, -0.05) is 26.0 Å². The second-order valence-electron chi connectivity index (χ2n) is 5.25. The number of rotatable bonds is 2. The molecule has 2 rings (SSSR count). The Morgan fingerprint density at radius 2 is 2.00 bits per heavy atom. The van der Waals surface area contributed by atoms with Crippen molar-refractivity contribution in [2.24, 2.45) is 5.41 Å². The maximum atomic E-state index is 12.1. The van der Waals surface area contributed by atoms with E-state index in [-0.39, 0.29) is 17.1 Å². The maximum Gasteiger partial charge on any atom is 0.573 e. The monoisotopic (exact) mass is 260 g/mol. The van der Waals surface area contributed by atoms with Crippen LogP contribution in [0, 0.1) is 5.41 Å². The molecule has 0 aromatic heterocycles. The van der Waals surface area contributed by atoms with Gasteiger partial charge in [-0.3, -0.25) is 0 Å². The molecule has 0 saturated heterocycles. The molecule has 0 bridgehead atoms. The quantitative estimate of drug-likeness (QED) is 0.882. The number of hydrogen-bond donors (Lipinski definition) is 1. The summed E-state index contributed by atoms with van der Waals surface area (Å²) in [5.74, 6) is -0.151. The lowest BCUT2D eigenvalue weighted by atomic mass is 9.58. The lowest BCUT2D eigenvalue weighted by molar-refractivity contribution is -0.274. The third kappa shape index (κ3) is 2.46. The molecular formula is C13H15F3O2. The molecule has 2 atom stereocenters. The predicted molar refractivity (Wildman–Crippen MR) is 60.3 cm³/mol. The van der Waals surface area contributed by atoms with Crippen molar-refractivity contribution in [3.8, 4) is 5.75 Å². The van der Waals surface area contributed by atoms with Crippen molar-refractivity contribution >= 4 is 0 Å². The molecule has 1 aromatic carbocycles. The molecule has 2 nitrogen and oxygen atoms in total. The van der Waals surface area contributed by atoms with Crippen molar-refractivity contribution < 1.29 is 23.0 Å². The van der Waals surface area contributed by atoms with Gasteiger partial charge in [0, 0.05) is 0 Å².